The Bertz CT molecular complexity index is 977. The van der Waals surface area contributed by atoms with Crippen molar-refractivity contribution in [1.82, 2.24) is 4.98 Å². The Balaban J connectivity index is 1.59. The Hall–Kier alpha value is -2.77. The average molecular weight is 422 g/mol. The van der Waals surface area contributed by atoms with E-state index in [9.17, 15) is 26.7 Å². The van der Waals surface area contributed by atoms with Gasteiger partial charge in [-0.1, -0.05) is 12.5 Å². The molecule has 2 atom stereocenters. The van der Waals surface area contributed by atoms with Gasteiger partial charge in [0.25, 0.3) is 5.91 Å². The van der Waals surface area contributed by atoms with Gasteiger partial charge in [-0.3, -0.25) is 4.79 Å². The number of fused-ring (bicyclic) bond motifs is 1. The van der Waals surface area contributed by atoms with Crippen molar-refractivity contribution in [3.63, 3.8) is 0 Å². The molecule has 1 heterocycles. The molecule has 0 aliphatic heterocycles. The molecular formula is C22H19F5N2O. The minimum absolute atomic E-state index is 0.00452. The maximum Gasteiger partial charge on any atom is 0.412 e. The third kappa shape index (κ3) is 3.95. The lowest BCUT2D eigenvalue weighted by molar-refractivity contribution is -0.0962. The molecule has 0 radical (unpaired) electrons. The quantitative estimate of drug-likeness (QED) is 0.604. The van der Waals surface area contributed by atoms with Gasteiger partial charge in [-0.25, -0.2) is 13.8 Å². The zero-order valence-electron chi connectivity index (χ0n) is 15.9. The van der Waals surface area contributed by atoms with Gasteiger partial charge in [0.2, 0.25) is 0 Å². The molecule has 0 bridgehead atoms. The Kier molecular flexibility index (Phi) is 5.34. The molecule has 1 aromatic heterocycles. The first kappa shape index (κ1) is 20.5. The fourth-order valence-corrected chi connectivity index (χ4v) is 4.54. The third-order valence-corrected chi connectivity index (χ3v) is 6.00. The molecule has 4 rings (SSSR count). The Morgan fingerprint density at radius 1 is 1.00 bits per heavy atom. The van der Waals surface area contributed by atoms with E-state index in [0.717, 1.165) is 37.5 Å². The van der Waals surface area contributed by atoms with Crippen molar-refractivity contribution < 1.29 is 26.7 Å². The molecule has 8 heteroatoms. The number of amides is 1. The van der Waals surface area contributed by atoms with Gasteiger partial charge in [0.05, 0.1) is 0 Å². The molecule has 0 spiro atoms. The second kappa shape index (κ2) is 7.81. The van der Waals surface area contributed by atoms with Gasteiger partial charge in [-0.15, -0.1) is 0 Å². The third-order valence-electron chi connectivity index (χ3n) is 6.00. The fraction of sp³-hybridized carbons (Fsp3) is 0.364. The van der Waals surface area contributed by atoms with Crippen molar-refractivity contribution in [2.75, 3.05) is 5.32 Å². The molecule has 2 aliphatic carbocycles. The van der Waals surface area contributed by atoms with Crippen LogP contribution in [0.4, 0.5) is 27.8 Å². The van der Waals surface area contributed by atoms with E-state index in [1.165, 1.54) is 18.3 Å². The molecule has 0 saturated heterocycles. The van der Waals surface area contributed by atoms with E-state index < -0.39 is 34.9 Å². The molecule has 2 aliphatic rings. The summed E-state index contributed by atoms with van der Waals surface area (Å²) in [5, 5.41) is 2.28. The molecule has 1 aromatic carbocycles. The summed E-state index contributed by atoms with van der Waals surface area (Å²) in [4.78, 5) is 16.2. The highest BCUT2D eigenvalue weighted by molar-refractivity contribution is 6.04. The number of alkyl halides is 3. The molecular weight excluding hydrogens is 403 g/mol. The molecule has 1 saturated carbocycles. The summed E-state index contributed by atoms with van der Waals surface area (Å²) >= 11 is 0. The molecule has 2 unspecified atom stereocenters. The molecule has 1 N–H and O–H groups in total. The highest BCUT2D eigenvalue weighted by atomic mass is 19.4. The van der Waals surface area contributed by atoms with Gasteiger partial charge < -0.3 is 5.32 Å². The second-order valence-corrected chi connectivity index (χ2v) is 7.80. The standard InChI is InChI=1S/C22H19F5N2O/c23-17-5-2-6-18(24)20(17)21(30)29-19-8-7-14(11-28-19)15-9-12-3-1-4-13(12)10-16(15)22(25,26)27/h2,5-8,11-13H,1,3-4,9-10H2,(H,28,29,30). The van der Waals surface area contributed by atoms with Crippen LogP contribution in [-0.4, -0.2) is 17.1 Å². The van der Waals surface area contributed by atoms with E-state index in [1.54, 1.807) is 0 Å². The summed E-state index contributed by atoms with van der Waals surface area (Å²) in [5.41, 5.74) is -0.651. The summed E-state index contributed by atoms with van der Waals surface area (Å²) < 4.78 is 68.4. The van der Waals surface area contributed by atoms with Crippen LogP contribution in [0.1, 0.15) is 48.0 Å². The smallest absolute Gasteiger partial charge is 0.306 e. The van der Waals surface area contributed by atoms with Gasteiger partial charge in [-0.05, 0) is 72.9 Å². The summed E-state index contributed by atoms with van der Waals surface area (Å²) in [6.45, 7) is 0. The van der Waals surface area contributed by atoms with Crippen LogP contribution >= 0.6 is 0 Å². The largest absolute Gasteiger partial charge is 0.412 e. The fourth-order valence-electron chi connectivity index (χ4n) is 4.54. The van der Waals surface area contributed by atoms with Crippen LogP contribution in [0, 0.1) is 23.5 Å². The van der Waals surface area contributed by atoms with E-state index in [-0.39, 0.29) is 29.6 Å². The number of benzene rings is 1. The van der Waals surface area contributed by atoms with E-state index in [0.29, 0.717) is 12.0 Å². The van der Waals surface area contributed by atoms with Crippen molar-refractivity contribution in [2.45, 2.75) is 38.3 Å². The average Bonchev–Trinajstić information content (AvgIpc) is 3.14. The summed E-state index contributed by atoms with van der Waals surface area (Å²) in [6, 6.07) is 5.85. The van der Waals surface area contributed by atoms with Gasteiger partial charge in [0, 0.05) is 11.8 Å². The normalized spacial score (nSPS) is 21.5. The molecule has 1 fully saturated rings. The minimum atomic E-state index is -4.40. The molecule has 2 aromatic rings. The number of pyridine rings is 1. The van der Waals surface area contributed by atoms with Crippen molar-refractivity contribution >= 4 is 17.3 Å². The van der Waals surface area contributed by atoms with Gasteiger partial charge in [0.1, 0.15) is 23.0 Å². The first-order chi connectivity index (χ1) is 14.2. The van der Waals surface area contributed by atoms with Crippen LogP contribution in [0.3, 0.4) is 0 Å². The van der Waals surface area contributed by atoms with E-state index >= 15 is 0 Å². The first-order valence-electron chi connectivity index (χ1n) is 9.75. The summed E-state index contributed by atoms with van der Waals surface area (Å²) in [6.07, 6.45) is -0.0598. The molecule has 158 valence electrons. The van der Waals surface area contributed by atoms with Crippen molar-refractivity contribution in [2.24, 2.45) is 11.8 Å². The van der Waals surface area contributed by atoms with Crippen LogP contribution in [0.25, 0.3) is 5.57 Å². The highest BCUT2D eigenvalue weighted by Gasteiger charge is 2.43. The van der Waals surface area contributed by atoms with Gasteiger partial charge in [0.15, 0.2) is 0 Å². The number of hydrogen-bond donors (Lipinski definition) is 1. The zero-order valence-corrected chi connectivity index (χ0v) is 15.9. The lowest BCUT2D eigenvalue weighted by atomic mass is 9.76. The second-order valence-electron chi connectivity index (χ2n) is 7.80. The van der Waals surface area contributed by atoms with Crippen molar-refractivity contribution in [3.8, 4) is 0 Å². The van der Waals surface area contributed by atoms with Crippen LogP contribution in [-0.2, 0) is 0 Å². The maximum absolute atomic E-state index is 13.7. The Morgan fingerprint density at radius 3 is 2.27 bits per heavy atom. The predicted octanol–water partition coefficient (Wildman–Crippen LogP) is 6.14. The topological polar surface area (TPSA) is 42.0 Å². The van der Waals surface area contributed by atoms with Crippen LogP contribution in [0.15, 0.2) is 42.1 Å². The van der Waals surface area contributed by atoms with Crippen LogP contribution < -0.4 is 5.32 Å². The maximum atomic E-state index is 13.7. The SMILES string of the molecule is O=C(Nc1ccc(C2=C(C(F)(F)F)CC3CCCC3C2)cn1)c1c(F)cccc1F. The van der Waals surface area contributed by atoms with Gasteiger partial charge >= 0.3 is 6.18 Å². The predicted molar refractivity (Wildman–Crippen MR) is 102 cm³/mol. The number of halogens is 5. The van der Waals surface area contributed by atoms with E-state index in [4.69, 9.17) is 0 Å². The monoisotopic (exact) mass is 422 g/mol. The Morgan fingerprint density at radius 2 is 1.67 bits per heavy atom. The Labute approximate surface area is 170 Å². The number of rotatable bonds is 3. The number of carbonyl (C=O) groups is 1. The van der Waals surface area contributed by atoms with Gasteiger partial charge in [-0.2, -0.15) is 13.2 Å². The van der Waals surface area contributed by atoms with Crippen LogP contribution in [0.5, 0.6) is 0 Å². The summed E-state index contributed by atoms with van der Waals surface area (Å²) in [5.74, 6) is -2.74. The van der Waals surface area contributed by atoms with Crippen molar-refractivity contribution in [1.29, 1.82) is 0 Å². The minimum Gasteiger partial charge on any atom is -0.306 e. The number of allylic oxidation sites excluding steroid dienone is 2. The molecule has 1 amide bonds. The first-order valence-corrected chi connectivity index (χ1v) is 9.75. The summed E-state index contributed by atoms with van der Waals surface area (Å²) in [7, 11) is 0. The molecule has 30 heavy (non-hydrogen) atoms. The number of hydrogen-bond acceptors (Lipinski definition) is 2. The highest BCUT2D eigenvalue weighted by Crippen LogP contribution is 2.51. The number of carbonyl (C=O) groups excluding carboxylic acids is 1. The number of nitrogens with zero attached hydrogens (tertiary/aromatic N) is 1. The van der Waals surface area contributed by atoms with Crippen LogP contribution in [0.2, 0.25) is 0 Å². The zero-order chi connectivity index (χ0) is 21.5. The lowest BCUT2D eigenvalue weighted by Crippen LogP contribution is -2.24. The van der Waals surface area contributed by atoms with E-state index in [1.807, 2.05) is 0 Å². The van der Waals surface area contributed by atoms with E-state index in [2.05, 4.69) is 10.3 Å². The number of nitrogens with one attached hydrogen (secondary N) is 1. The molecule has 3 nitrogen and oxygen atoms in total. The number of anilines is 1. The lowest BCUT2D eigenvalue weighted by Gasteiger charge is -2.31. The van der Waals surface area contributed by atoms with Crippen molar-refractivity contribution in [3.05, 3.63) is 64.9 Å². The number of aromatic nitrogens is 1.